The highest BCUT2D eigenvalue weighted by molar-refractivity contribution is 8.10. The van der Waals surface area contributed by atoms with Crippen LogP contribution in [-0.2, 0) is 0 Å². The maximum absolute atomic E-state index is 7.38. The monoisotopic (exact) mass is 303 g/mol. The lowest BCUT2D eigenvalue weighted by molar-refractivity contribution is 0.512. The van der Waals surface area contributed by atoms with E-state index < -0.39 is 6.62 Å². The van der Waals surface area contributed by atoms with Crippen molar-refractivity contribution in [2.24, 2.45) is 0 Å². The zero-order valence-electron chi connectivity index (χ0n) is 11.7. The molecule has 0 amide bonds. The number of hydrogen-bond acceptors (Lipinski definition) is 0. The summed E-state index contributed by atoms with van der Waals surface area (Å²) in [6.45, 7) is -1.78. The molecule has 0 saturated heterocycles. The van der Waals surface area contributed by atoms with Gasteiger partial charge in [0.15, 0.2) is 6.62 Å². The van der Waals surface area contributed by atoms with Gasteiger partial charge in [0.1, 0.15) is 10.6 Å². The van der Waals surface area contributed by atoms with Crippen LogP contribution >= 0.6 is 17.9 Å². The van der Waals surface area contributed by atoms with Crippen molar-refractivity contribution >= 4 is 28.5 Å². The molecule has 0 nitrogen and oxygen atoms in total. The van der Waals surface area contributed by atoms with Crippen LogP contribution in [0.5, 0.6) is 0 Å². The van der Waals surface area contributed by atoms with Gasteiger partial charge in [-0.1, -0.05) is 42.8 Å². The average Bonchev–Trinajstić information content (AvgIpc) is 2.56. The van der Waals surface area contributed by atoms with E-state index in [-0.39, 0.29) is 0 Å². The van der Waals surface area contributed by atoms with E-state index in [9.17, 15) is 0 Å². The lowest BCUT2D eigenvalue weighted by Gasteiger charge is -2.30. The summed E-state index contributed by atoms with van der Waals surface area (Å²) in [4.78, 5) is 0. The van der Waals surface area contributed by atoms with Crippen LogP contribution in [0, 0.1) is 0 Å². The van der Waals surface area contributed by atoms with Crippen LogP contribution in [0.25, 0.3) is 0 Å². The van der Waals surface area contributed by atoms with Crippen molar-refractivity contribution in [1.29, 1.82) is 0 Å². The maximum atomic E-state index is 7.38. The Morgan fingerprint density at radius 2 is 1.15 bits per heavy atom. The fourth-order valence-corrected chi connectivity index (χ4v) is 7.99. The lowest BCUT2D eigenvalue weighted by Crippen LogP contribution is -2.29. The fourth-order valence-electron chi connectivity index (χ4n) is 3.30. The van der Waals surface area contributed by atoms with E-state index >= 15 is 0 Å². The molecule has 1 fully saturated rings. The first-order valence-corrected chi connectivity index (χ1v) is 10.3. The largest absolute Gasteiger partial charge is 0.181 e. The van der Waals surface area contributed by atoms with Crippen molar-refractivity contribution in [3.8, 4) is 0 Å². The lowest BCUT2D eigenvalue weighted by atomic mass is 10.0. The van der Waals surface area contributed by atoms with Gasteiger partial charge >= 0.3 is 0 Å². The minimum Gasteiger partial charge on any atom is -0.0620 e. The molecule has 2 heteroatoms. The Hall–Kier alpha value is -0.840. The molecular weight excluding hydrogens is 283 g/mol. The van der Waals surface area contributed by atoms with E-state index in [1.807, 2.05) is 0 Å². The summed E-state index contributed by atoms with van der Waals surface area (Å²) in [6, 6.07) is 21.6. The molecular formula is C18H21ClP+. The SMILES string of the molecule is Cl[P+](c1ccccc1)(c1ccccc1)C1CCCCC1. The maximum Gasteiger partial charge on any atom is 0.181 e. The van der Waals surface area contributed by atoms with Gasteiger partial charge in [-0.3, -0.25) is 0 Å². The first kappa shape index (κ1) is 14.1. The van der Waals surface area contributed by atoms with Crippen LogP contribution in [0.15, 0.2) is 60.7 Å². The zero-order chi connectivity index (χ0) is 13.8. The third-order valence-electron chi connectivity index (χ3n) is 4.34. The molecule has 1 aliphatic carbocycles. The highest BCUT2D eigenvalue weighted by atomic mass is 35.7. The predicted octanol–water partition coefficient (Wildman–Crippen LogP) is 5.14. The van der Waals surface area contributed by atoms with E-state index in [1.54, 1.807) is 0 Å². The molecule has 0 aliphatic heterocycles. The molecule has 1 aliphatic rings. The molecule has 3 rings (SSSR count). The quantitative estimate of drug-likeness (QED) is 0.689. The third kappa shape index (κ3) is 2.65. The van der Waals surface area contributed by atoms with Crippen LogP contribution in [0.1, 0.15) is 32.1 Å². The topological polar surface area (TPSA) is 0 Å². The predicted molar refractivity (Wildman–Crippen MR) is 91.8 cm³/mol. The Morgan fingerprint density at radius 1 is 0.700 bits per heavy atom. The second kappa shape index (κ2) is 6.29. The molecule has 20 heavy (non-hydrogen) atoms. The van der Waals surface area contributed by atoms with Crippen LogP contribution in [0.4, 0.5) is 0 Å². The highest BCUT2D eigenvalue weighted by Gasteiger charge is 2.49. The first-order valence-electron chi connectivity index (χ1n) is 7.51. The third-order valence-corrected chi connectivity index (χ3v) is 9.96. The Bertz CT molecular complexity index is 492. The van der Waals surface area contributed by atoms with Crippen LogP contribution in [-0.4, -0.2) is 5.66 Å². The molecule has 104 valence electrons. The van der Waals surface area contributed by atoms with Crippen LogP contribution in [0.2, 0.25) is 0 Å². The van der Waals surface area contributed by atoms with Crippen LogP contribution < -0.4 is 10.6 Å². The molecule has 0 N–H and O–H groups in total. The number of rotatable bonds is 3. The standard InChI is InChI=1S/C18H21ClP/c19-20(16-10-4-1-5-11-16,17-12-6-2-7-13-17)18-14-8-3-9-15-18/h1-2,4-7,10-13,18H,3,8-9,14-15H2/q+1. The van der Waals surface area contributed by atoms with Crippen LogP contribution in [0.3, 0.4) is 0 Å². The van der Waals surface area contributed by atoms with Crippen molar-refractivity contribution in [3.05, 3.63) is 60.7 Å². The minimum atomic E-state index is -1.78. The normalized spacial score (nSPS) is 17.1. The molecule has 2 aromatic carbocycles. The second-order valence-corrected chi connectivity index (χ2v) is 10.2. The molecule has 0 aromatic heterocycles. The van der Waals surface area contributed by atoms with Crippen molar-refractivity contribution < 1.29 is 0 Å². The zero-order valence-corrected chi connectivity index (χ0v) is 13.4. The smallest absolute Gasteiger partial charge is 0.0620 e. The summed E-state index contributed by atoms with van der Waals surface area (Å²) in [5, 5.41) is 2.69. The molecule has 0 atom stereocenters. The van der Waals surface area contributed by atoms with Crippen molar-refractivity contribution in [2.45, 2.75) is 37.8 Å². The van der Waals surface area contributed by atoms with E-state index in [2.05, 4.69) is 60.7 Å². The molecule has 0 heterocycles. The molecule has 0 radical (unpaired) electrons. The van der Waals surface area contributed by atoms with Gasteiger partial charge < -0.3 is 0 Å². The van der Waals surface area contributed by atoms with Crippen molar-refractivity contribution in [1.82, 2.24) is 0 Å². The summed E-state index contributed by atoms with van der Waals surface area (Å²) in [5.41, 5.74) is 0.641. The molecule has 2 aromatic rings. The fraction of sp³-hybridized carbons (Fsp3) is 0.333. The summed E-state index contributed by atoms with van der Waals surface area (Å²) in [6.07, 6.45) is 6.59. The summed E-state index contributed by atoms with van der Waals surface area (Å²) in [7, 11) is 0. The van der Waals surface area contributed by atoms with Crippen molar-refractivity contribution in [3.63, 3.8) is 0 Å². The van der Waals surface area contributed by atoms with E-state index in [4.69, 9.17) is 11.2 Å². The minimum absolute atomic E-state index is 0.641. The molecule has 0 bridgehead atoms. The Labute approximate surface area is 127 Å². The van der Waals surface area contributed by atoms with E-state index in [0.717, 1.165) is 0 Å². The number of halogens is 1. The average molecular weight is 304 g/mol. The van der Waals surface area contributed by atoms with Gasteiger partial charge in [0.25, 0.3) is 0 Å². The second-order valence-electron chi connectivity index (χ2n) is 5.60. The van der Waals surface area contributed by atoms with Gasteiger partial charge in [0.2, 0.25) is 0 Å². The molecule has 0 unspecified atom stereocenters. The van der Waals surface area contributed by atoms with E-state index in [1.165, 1.54) is 42.7 Å². The Kier molecular flexibility index (Phi) is 4.44. The van der Waals surface area contributed by atoms with Gasteiger partial charge in [-0.25, -0.2) is 0 Å². The Balaban J connectivity index is 2.07. The Morgan fingerprint density at radius 3 is 1.60 bits per heavy atom. The van der Waals surface area contributed by atoms with Gasteiger partial charge in [0, 0.05) is 0 Å². The highest BCUT2D eigenvalue weighted by Crippen LogP contribution is 2.68. The summed E-state index contributed by atoms with van der Waals surface area (Å²) in [5.74, 6) is 0. The number of hydrogen-bond donors (Lipinski definition) is 0. The van der Waals surface area contributed by atoms with E-state index in [0.29, 0.717) is 5.66 Å². The van der Waals surface area contributed by atoms with Gasteiger partial charge in [-0.2, -0.15) is 0 Å². The summed E-state index contributed by atoms with van der Waals surface area (Å²) < 4.78 is 0. The molecule has 1 saturated carbocycles. The number of benzene rings is 2. The van der Waals surface area contributed by atoms with Gasteiger partial charge in [-0.15, -0.1) is 0 Å². The van der Waals surface area contributed by atoms with Crippen molar-refractivity contribution in [2.75, 3.05) is 0 Å². The van der Waals surface area contributed by atoms with Gasteiger partial charge in [0.05, 0.1) is 16.9 Å². The summed E-state index contributed by atoms with van der Waals surface area (Å²) >= 11 is 7.38. The first-order chi connectivity index (χ1) is 9.82. The molecule has 0 spiro atoms. The van der Waals surface area contributed by atoms with Gasteiger partial charge in [-0.05, 0) is 49.9 Å².